The SMILES string of the molecule is CCN(Cc1ccccc1)c1cc(Br)cc(C(=O)O)c1. The Balaban J connectivity index is 2.29. The molecule has 0 saturated heterocycles. The van der Waals surface area contributed by atoms with Crippen LogP contribution in [0.4, 0.5) is 5.69 Å². The van der Waals surface area contributed by atoms with E-state index >= 15 is 0 Å². The predicted molar refractivity (Wildman–Crippen MR) is 84.3 cm³/mol. The van der Waals surface area contributed by atoms with Crippen molar-refractivity contribution in [3.05, 3.63) is 64.1 Å². The maximum absolute atomic E-state index is 11.1. The van der Waals surface area contributed by atoms with Crippen molar-refractivity contribution in [3.63, 3.8) is 0 Å². The van der Waals surface area contributed by atoms with Crippen LogP contribution in [0, 0.1) is 0 Å². The summed E-state index contributed by atoms with van der Waals surface area (Å²) < 4.78 is 0.777. The molecule has 0 aliphatic heterocycles. The van der Waals surface area contributed by atoms with Crippen molar-refractivity contribution in [2.75, 3.05) is 11.4 Å². The fraction of sp³-hybridized carbons (Fsp3) is 0.188. The molecule has 0 saturated carbocycles. The van der Waals surface area contributed by atoms with E-state index in [0.717, 1.165) is 23.2 Å². The minimum absolute atomic E-state index is 0.292. The number of benzene rings is 2. The van der Waals surface area contributed by atoms with Gasteiger partial charge in [-0.2, -0.15) is 0 Å². The zero-order valence-electron chi connectivity index (χ0n) is 11.2. The Morgan fingerprint density at radius 3 is 2.50 bits per heavy atom. The summed E-state index contributed by atoms with van der Waals surface area (Å²) in [6.45, 7) is 3.63. The number of nitrogens with zero attached hydrogens (tertiary/aromatic N) is 1. The number of hydrogen-bond donors (Lipinski definition) is 1. The van der Waals surface area contributed by atoms with Crippen LogP contribution < -0.4 is 4.90 Å². The summed E-state index contributed by atoms with van der Waals surface area (Å²) in [6.07, 6.45) is 0. The van der Waals surface area contributed by atoms with Gasteiger partial charge in [0.2, 0.25) is 0 Å². The van der Waals surface area contributed by atoms with Crippen molar-refractivity contribution in [3.8, 4) is 0 Å². The normalized spacial score (nSPS) is 10.3. The lowest BCUT2D eigenvalue weighted by Crippen LogP contribution is -2.22. The van der Waals surface area contributed by atoms with Crippen LogP contribution in [0.5, 0.6) is 0 Å². The maximum atomic E-state index is 11.1. The van der Waals surface area contributed by atoms with Gasteiger partial charge in [0.05, 0.1) is 5.56 Å². The van der Waals surface area contributed by atoms with Crippen LogP contribution >= 0.6 is 15.9 Å². The quantitative estimate of drug-likeness (QED) is 0.892. The fourth-order valence-electron chi connectivity index (χ4n) is 2.07. The van der Waals surface area contributed by atoms with Gasteiger partial charge in [0.25, 0.3) is 0 Å². The van der Waals surface area contributed by atoms with Crippen LogP contribution in [0.2, 0.25) is 0 Å². The first-order chi connectivity index (χ1) is 9.60. The Labute approximate surface area is 127 Å². The lowest BCUT2D eigenvalue weighted by Gasteiger charge is -2.24. The second kappa shape index (κ2) is 6.57. The van der Waals surface area contributed by atoms with Crippen molar-refractivity contribution in [2.24, 2.45) is 0 Å². The van der Waals surface area contributed by atoms with E-state index in [9.17, 15) is 4.79 Å². The summed E-state index contributed by atoms with van der Waals surface area (Å²) in [5.41, 5.74) is 2.40. The minimum Gasteiger partial charge on any atom is -0.478 e. The summed E-state index contributed by atoms with van der Waals surface area (Å²) in [5, 5.41) is 9.14. The van der Waals surface area contributed by atoms with E-state index in [-0.39, 0.29) is 0 Å². The Bertz CT molecular complexity index is 599. The van der Waals surface area contributed by atoms with Crippen molar-refractivity contribution in [2.45, 2.75) is 13.5 Å². The summed E-state index contributed by atoms with van der Waals surface area (Å²) in [5.74, 6) is -0.914. The molecule has 0 heterocycles. The van der Waals surface area contributed by atoms with Crippen LogP contribution in [0.15, 0.2) is 53.0 Å². The molecule has 2 aromatic carbocycles. The second-order valence-corrected chi connectivity index (χ2v) is 5.42. The highest BCUT2D eigenvalue weighted by molar-refractivity contribution is 9.10. The molecule has 0 spiro atoms. The Morgan fingerprint density at radius 1 is 1.20 bits per heavy atom. The molecule has 1 N–H and O–H groups in total. The average molecular weight is 334 g/mol. The molecule has 4 heteroatoms. The number of carbonyl (C=O) groups is 1. The van der Waals surface area contributed by atoms with Gasteiger partial charge in [-0.05, 0) is 30.7 Å². The summed E-state index contributed by atoms with van der Waals surface area (Å²) in [6, 6.07) is 15.4. The maximum Gasteiger partial charge on any atom is 0.335 e. The van der Waals surface area contributed by atoms with Crippen molar-refractivity contribution in [1.29, 1.82) is 0 Å². The van der Waals surface area contributed by atoms with Crippen molar-refractivity contribution < 1.29 is 9.90 Å². The van der Waals surface area contributed by atoms with Gasteiger partial charge >= 0.3 is 5.97 Å². The second-order valence-electron chi connectivity index (χ2n) is 4.50. The number of carboxylic acids is 1. The third-order valence-corrected chi connectivity index (χ3v) is 3.55. The highest BCUT2D eigenvalue weighted by Crippen LogP contribution is 2.24. The molecule has 104 valence electrons. The number of anilines is 1. The molecule has 0 atom stereocenters. The predicted octanol–water partition coefficient (Wildman–Crippen LogP) is 4.17. The van der Waals surface area contributed by atoms with E-state index in [1.165, 1.54) is 5.56 Å². The van der Waals surface area contributed by atoms with Gasteiger partial charge in [0, 0.05) is 23.2 Å². The average Bonchev–Trinajstić information content (AvgIpc) is 2.45. The molecule has 0 fully saturated rings. The molecule has 0 amide bonds. The molecule has 20 heavy (non-hydrogen) atoms. The largest absolute Gasteiger partial charge is 0.478 e. The third-order valence-electron chi connectivity index (χ3n) is 3.09. The lowest BCUT2D eigenvalue weighted by molar-refractivity contribution is 0.0697. The van der Waals surface area contributed by atoms with Gasteiger partial charge in [-0.1, -0.05) is 46.3 Å². The molecule has 0 radical (unpaired) electrons. The first-order valence-corrected chi connectivity index (χ1v) is 7.22. The van der Waals surface area contributed by atoms with Gasteiger partial charge in [-0.3, -0.25) is 0 Å². The standard InChI is InChI=1S/C16H16BrNO2/c1-2-18(11-12-6-4-3-5-7-12)15-9-13(16(19)20)8-14(17)10-15/h3-10H,2,11H2,1H3,(H,19,20). The Hall–Kier alpha value is -1.81. The number of rotatable bonds is 5. The molecular formula is C16H16BrNO2. The zero-order valence-corrected chi connectivity index (χ0v) is 12.8. The molecular weight excluding hydrogens is 318 g/mol. The zero-order chi connectivity index (χ0) is 14.5. The van der Waals surface area contributed by atoms with Crippen molar-refractivity contribution >= 4 is 27.6 Å². The first-order valence-electron chi connectivity index (χ1n) is 6.43. The molecule has 2 rings (SSSR count). The van der Waals surface area contributed by atoms with Gasteiger partial charge in [-0.15, -0.1) is 0 Å². The number of carboxylic acid groups (broad SMARTS) is 1. The highest BCUT2D eigenvalue weighted by atomic mass is 79.9. The molecule has 0 aromatic heterocycles. The summed E-state index contributed by atoms with van der Waals surface area (Å²) in [4.78, 5) is 13.3. The van der Waals surface area contributed by atoms with Crippen LogP contribution in [0.1, 0.15) is 22.8 Å². The van der Waals surface area contributed by atoms with E-state index < -0.39 is 5.97 Å². The Kier molecular flexibility index (Phi) is 4.79. The molecule has 0 bridgehead atoms. The molecule has 3 nitrogen and oxygen atoms in total. The first kappa shape index (κ1) is 14.6. The van der Waals surface area contributed by atoms with E-state index in [2.05, 4.69) is 39.9 Å². The van der Waals surface area contributed by atoms with E-state index in [0.29, 0.717) is 5.56 Å². The summed E-state index contributed by atoms with van der Waals surface area (Å²) >= 11 is 3.37. The van der Waals surface area contributed by atoms with Crippen LogP contribution in [-0.4, -0.2) is 17.6 Å². The third kappa shape index (κ3) is 3.61. The van der Waals surface area contributed by atoms with E-state index in [4.69, 9.17) is 5.11 Å². The highest BCUT2D eigenvalue weighted by Gasteiger charge is 2.11. The molecule has 0 aliphatic carbocycles. The molecule has 0 unspecified atom stereocenters. The smallest absolute Gasteiger partial charge is 0.335 e. The fourth-order valence-corrected chi connectivity index (χ4v) is 2.55. The van der Waals surface area contributed by atoms with E-state index in [1.807, 2.05) is 24.3 Å². The Morgan fingerprint density at radius 2 is 1.90 bits per heavy atom. The number of hydrogen-bond acceptors (Lipinski definition) is 2. The number of aromatic carboxylic acids is 1. The van der Waals surface area contributed by atoms with Gasteiger partial charge in [-0.25, -0.2) is 4.79 Å². The van der Waals surface area contributed by atoms with Gasteiger partial charge < -0.3 is 10.0 Å². The molecule has 0 aliphatic rings. The summed E-state index contributed by atoms with van der Waals surface area (Å²) in [7, 11) is 0. The van der Waals surface area contributed by atoms with Gasteiger partial charge in [0.1, 0.15) is 0 Å². The lowest BCUT2D eigenvalue weighted by atomic mass is 10.1. The monoisotopic (exact) mass is 333 g/mol. The van der Waals surface area contributed by atoms with Crippen LogP contribution in [-0.2, 0) is 6.54 Å². The number of halogens is 1. The van der Waals surface area contributed by atoms with E-state index in [1.54, 1.807) is 12.1 Å². The minimum atomic E-state index is -0.914. The van der Waals surface area contributed by atoms with Crippen LogP contribution in [0.3, 0.4) is 0 Å². The van der Waals surface area contributed by atoms with Crippen molar-refractivity contribution in [1.82, 2.24) is 0 Å². The topological polar surface area (TPSA) is 40.5 Å². The van der Waals surface area contributed by atoms with Gasteiger partial charge in [0.15, 0.2) is 0 Å². The molecule has 2 aromatic rings. The van der Waals surface area contributed by atoms with Crippen LogP contribution in [0.25, 0.3) is 0 Å².